The SMILES string of the molecule is CCC(C)NC(=NCC(=O)N(C)C)NCCc1ccccc1.I. The largest absolute Gasteiger partial charge is 0.356 e. The molecule has 23 heavy (non-hydrogen) atoms. The van der Waals surface area contributed by atoms with Crippen molar-refractivity contribution in [2.75, 3.05) is 27.2 Å². The van der Waals surface area contributed by atoms with E-state index >= 15 is 0 Å². The Labute approximate surface area is 157 Å². The summed E-state index contributed by atoms with van der Waals surface area (Å²) < 4.78 is 0. The zero-order chi connectivity index (χ0) is 16.4. The molecule has 1 unspecified atom stereocenters. The first-order chi connectivity index (χ1) is 10.5. The molecule has 1 aromatic rings. The molecule has 0 saturated heterocycles. The van der Waals surface area contributed by atoms with Crippen LogP contribution in [-0.4, -0.2) is 50.0 Å². The monoisotopic (exact) mass is 432 g/mol. The summed E-state index contributed by atoms with van der Waals surface area (Å²) in [6.07, 6.45) is 1.92. The van der Waals surface area contributed by atoms with Crippen molar-refractivity contribution < 1.29 is 4.79 Å². The Morgan fingerprint density at radius 1 is 1.26 bits per heavy atom. The minimum atomic E-state index is -0.00619. The Hall–Kier alpha value is -1.31. The van der Waals surface area contributed by atoms with Crippen molar-refractivity contribution in [2.24, 2.45) is 4.99 Å². The number of nitrogens with one attached hydrogen (secondary N) is 2. The van der Waals surface area contributed by atoms with Crippen LogP contribution in [0.1, 0.15) is 25.8 Å². The van der Waals surface area contributed by atoms with Crippen molar-refractivity contribution in [1.82, 2.24) is 15.5 Å². The average molecular weight is 432 g/mol. The maximum absolute atomic E-state index is 11.7. The van der Waals surface area contributed by atoms with Crippen molar-refractivity contribution in [3.63, 3.8) is 0 Å². The molecule has 0 heterocycles. The van der Waals surface area contributed by atoms with E-state index < -0.39 is 0 Å². The number of rotatable bonds is 7. The van der Waals surface area contributed by atoms with Crippen molar-refractivity contribution in [3.05, 3.63) is 35.9 Å². The molecule has 0 aliphatic rings. The smallest absolute Gasteiger partial charge is 0.243 e. The van der Waals surface area contributed by atoms with Crippen LogP contribution in [0.3, 0.4) is 0 Å². The second kappa shape index (κ2) is 12.2. The van der Waals surface area contributed by atoms with Crippen LogP contribution in [0, 0.1) is 0 Å². The first kappa shape index (κ1) is 21.7. The molecule has 0 bridgehead atoms. The Bertz CT molecular complexity index is 477. The van der Waals surface area contributed by atoms with Gasteiger partial charge in [-0.1, -0.05) is 37.3 Å². The topological polar surface area (TPSA) is 56.7 Å². The van der Waals surface area contributed by atoms with Gasteiger partial charge >= 0.3 is 0 Å². The molecule has 130 valence electrons. The van der Waals surface area contributed by atoms with Crippen LogP contribution >= 0.6 is 24.0 Å². The van der Waals surface area contributed by atoms with E-state index in [1.807, 2.05) is 18.2 Å². The number of likely N-dealkylation sites (N-methyl/N-ethyl adjacent to an activating group) is 1. The molecule has 1 atom stereocenters. The van der Waals surface area contributed by atoms with E-state index in [4.69, 9.17) is 0 Å². The lowest BCUT2D eigenvalue weighted by molar-refractivity contribution is -0.127. The van der Waals surface area contributed by atoms with Crippen molar-refractivity contribution >= 4 is 35.8 Å². The summed E-state index contributed by atoms with van der Waals surface area (Å²) >= 11 is 0. The van der Waals surface area contributed by atoms with E-state index in [9.17, 15) is 4.79 Å². The van der Waals surface area contributed by atoms with E-state index in [2.05, 4.69) is 41.6 Å². The molecule has 1 rings (SSSR count). The van der Waals surface area contributed by atoms with Crippen molar-refractivity contribution in [3.8, 4) is 0 Å². The number of hydrogen-bond acceptors (Lipinski definition) is 2. The van der Waals surface area contributed by atoms with Crippen LogP contribution < -0.4 is 10.6 Å². The summed E-state index contributed by atoms with van der Waals surface area (Å²) in [4.78, 5) is 17.6. The molecule has 2 N–H and O–H groups in total. The first-order valence-corrected chi connectivity index (χ1v) is 7.81. The number of aliphatic imine (C=N–C) groups is 1. The van der Waals surface area contributed by atoms with E-state index in [1.54, 1.807) is 19.0 Å². The number of halogens is 1. The summed E-state index contributed by atoms with van der Waals surface area (Å²) in [5.41, 5.74) is 1.28. The Morgan fingerprint density at radius 2 is 1.91 bits per heavy atom. The summed E-state index contributed by atoms with van der Waals surface area (Å²) in [5.74, 6) is 0.689. The molecular weight excluding hydrogens is 403 g/mol. The maximum Gasteiger partial charge on any atom is 0.243 e. The van der Waals surface area contributed by atoms with Crippen LogP contribution in [0.4, 0.5) is 0 Å². The van der Waals surface area contributed by atoms with Crippen LogP contribution in [-0.2, 0) is 11.2 Å². The first-order valence-electron chi connectivity index (χ1n) is 7.81. The Balaban J connectivity index is 0.00000484. The number of benzene rings is 1. The van der Waals surface area contributed by atoms with Crippen LogP contribution in [0.15, 0.2) is 35.3 Å². The molecule has 1 amide bonds. The van der Waals surface area contributed by atoms with E-state index in [0.717, 1.165) is 19.4 Å². The fraction of sp³-hybridized carbons (Fsp3) is 0.529. The highest BCUT2D eigenvalue weighted by Crippen LogP contribution is 1.98. The summed E-state index contributed by atoms with van der Waals surface area (Å²) in [5, 5.41) is 6.61. The second-order valence-electron chi connectivity index (χ2n) is 5.57. The lowest BCUT2D eigenvalue weighted by atomic mass is 10.1. The molecular formula is C17H29IN4O. The van der Waals surface area contributed by atoms with E-state index in [1.165, 1.54) is 5.56 Å². The van der Waals surface area contributed by atoms with Gasteiger partial charge in [-0.2, -0.15) is 0 Å². The highest BCUT2D eigenvalue weighted by Gasteiger charge is 2.06. The zero-order valence-electron chi connectivity index (χ0n) is 14.5. The van der Waals surface area contributed by atoms with Gasteiger partial charge in [-0.25, -0.2) is 4.99 Å². The zero-order valence-corrected chi connectivity index (χ0v) is 16.8. The predicted molar refractivity (Wildman–Crippen MR) is 107 cm³/mol. The van der Waals surface area contributed by atoms with Gasteiger partial charge in [0.2, 0.25) is 5.91 Å². The standard InChI is InChI=1S/C17H28N4O.HI/c1-5-14(2)20-17(19-13-16(22)21(3)4)18-12-11-15-9-7-6-8-10-15;/h6-10,14H,5,11-13H2,1-4H3,(H2,18,19,20);1H. The van der Waals surface area contributed by atoms with Crippen molar-refractivity contribution in [1.29, 1.82) is 0 Å². The minimum Gasteiger partial charge on any atom is -0.356 e. The van der Waals surface area contributed by atoms with Gasteiger partial charge in [0.25, 0.3) is 0 Å². The molecule has 0 aliphatic carbocycles. The highest BCUT2D eigenvalue weighted by molar-refractivity contribution is 14.0. The number of nitrogens with zero attached hydrogens (tertiary/aromatic N) is 2. The van der Waals surface area contributed by atoms with Crippen LogP contribution in [0.25, 0.3) is 0 Å². The predicted octanol–water partition coefficient (Wildman–Crippen LogP) is 2.27. The third-order valence-electron chi connectivity index (χ3n) is 3.42. The normalized spacial score (nSPS) is 12.1. The summed E-state index contributed by atoms with van der Waals surface area (Å²) in [6.45, 7) is 5.15. The van der Waals surface area contributed by atoms with E-state index in [0.29, 0.717) is 12.0 Å². The van der Waals surface area contributed by atoms with Gasteiger partial charge in [-0.15, -0.1) is 24.0 Å². The quantitative estimate of drug-likeness (QED) is 0.395. The van der Waals surface area contributed by atoms with Crippen LogP contribution in [0.2, 0.25) is 0 Å². The van der Waals surface area contributed by atoms with Gasteiger partial charge in [-0.05, 0) is 25.3 Å². The average Bonchev–Trinajstić information content (AvgIpc) is 2.52. The van der Waals surface area contributed by atoms with Gasteiger partial charge in [0.1, 0.15) is 6.54 Å². The van der Waals surface area contributed by atoms with Gasteiger partial charge in [0.05, 0.1) is 0 Å². The van der Waals surface area contributed by atoms with Gasteiger partial charge in [-0.3, -0.25) is 4.79 Å². The molecule has 0 radical (unpaired) electrons. The number of carbonyl (C=O) groups excluding carboxylic acids is 1. The summed E-state index contributed by atoms with van der Waals surface area (Å²) in [7, 11) is 3.48. The number of carbonyl (C=O) groups is 1. The maximum atomic E-state index is 11.7. The molecule has 0 aliphatic heterocycles. The Morgan fingerprint density at radius 3 is 2.48 bits per heavy atom. The van der Waals surface area contributed by atoms with Gasteiger partial charge < -0.3 is 15.5 Å². The second-order valence-corrected chi connectivity index (χ2v) is 5.57. The number of guanidine groups is 1. The van der Waals surface area contributed by atoms with Crippen molar-refractivity contribution in [2.45, 2.75) is 32.7 Å². The van der Waals surface area contributed by atoms with Gasteiger partial charge in [0.15, 0.2) is 5.96 Å². The molecule has 0 aromatic heterocycles. The highest BCUT2D eigenvalue weighted by atomic mass is 127. The van der Waals surface area contributed by atoms with Crippen LogP contribution in [0.5, 0.6) is 0 Å². The summed E-state index contributed by atoms with van der Waals surface area (Å²) in [6, 6.07) is 10.6. The Kier molecular flexibility index (Phi) is 11.5. The number of amides is 1. The molecule has 0 fully saturated rings. The molecule has 0 saturated carbocycles. The number of hydrogen-bond donors (Lipinski definition) is 2. The fourth-order valence-corrected chi connectivity index (χ4v) is 1.75. The molecule has 0 spiro atoms. The molecule has 6 heteroatoms. The third-order valence-corrected chi connectivity index (χ3v) is 3.42. The third kappa shape index (κ3) is 9.43. The molecule has 5 nitrogen and oxygen atoms in total. The van der Waals surface area contributed by atoms with Gasteiger partial charge in [0, 0.05) is 26.7 Å². The lowest BCUT2D eigenvalue weighted by Crippen LogP contribution is -2.43. The molecule has 1 aromatic carbocycles. The fourth-order valence-electron chi connectivity index (χ4n) is 1.75. The lowest BCUT2D eigenvalue weighted by Gasteiger charge is -2.17. The minimum absolute atomic E-state index is 0. The van der Waals surface area contributed by atoms with E-state index in [-0.39, 0.29) is 36.4 Å².